The summed E-state index contributed by atoms with van der Waals surface area (Å²) in [6.07, 6.45) is 1.71. The number of nitrogens with zero attached hydrogens (tertiary/aromatic N) is 1. The van der Waals surface area contributed by atoms with Gasteiger partial charge in [0.25, 0.3) is 0 Å². The number of aromatic nitrogens is 1. The first kappa shape index (κ1) is 14.0. The predicted molar refractivity (Wildman–Crippen MR) is 86.3 cm³/mol. The average molecular weight is 364 g/mol. The van der Waals surface area contributed by atoms with Crippen molar-refractivity contribution in [2.45, 2.75) is 0 Å². The Kier molecular flexibility index (Phi) is 3.65. The Morgan fingerprint density at radius 1 is 1.33 bits per heavy atom. The molecule has 0 saturated heterocycles. The van der Waals surface area contributed by atoms with Crippen molar-refractivity contribution in [3.63, 3.8) is 0 Å². The SMILES string of the molecule is COc1c(-c2ccc(C(=O)O)s2)cnc2c(Br)cccc12. The van der Waals surface area contributed by atoms with E-state index in [9.17, 15) is 4.79 Å². The van der Waals surface area contributed by atoms with Gasteiger partial charge >= 0.3 is 5.97 Å². The third-order valence-electron chi connectivity index (χ3n) is 3.09. The standard InChI is InChI=1S/C15H10BrNO3S/c1-20-14-8-3-2-4-10(16)13(8)17-7-9(14)11-5-6-12(21-11)15(18)19/h2-7H,1H3,(H,18,19). The van der Waals surface area contributed by atoms with Crippen molar-refractivity contribution in [3.05, 3.63) is 45.9 Å². The highest BCUT2D eigenvalue weighted by atomic mass is 79.9. The highest BCUT2D eigenvalue weighted by Gasteiger charge is 2.16. The van der Waals surface area contributed by atoms with Crippen LogP contribution in [0.5, 0.6) is 5.75 Å². The van der Waals surface area contributed by atoms with Crippen molar-refractivity contribution in [1.82, 2.24) is 4.98 Å². The second-order valence-corrected chi connectivity index (χ2v) is 6.25. The zero-order valence-electron chi connectivity index (χ0n) is 11.0. The summed E-state index contributed by atoms with van der Waals surface area (Å²) < 4.78 is 6.43. The molecule has 2 heterocycles. The Bertz CT molecular complexity index is 844. The van der Waals surface area contributed by atoms with E-state index in [1.54, 1.807) is 25.4 Å². The van der Waals surface area contributed by atoms with E-state index in [0.717, 1.165) is 25.8 Å². The van der Waals surface area contributed by atoms with Gasteiger partial charge in [-0.15, -0.1) is 11.3 Å². The smallest absolute Gasteiger partial charge is 0.345 e. The fraction of sp³-hybridized carbons (Fsp3) is 0.0667. The van der Waals surface area contributed by atoms with Crippen LogP contribution in [0.2, 0.25) is 0 Å². The van der Waals surface area contributed by atoms with Crippen LogP contribution in [-0.4, -0.2) is 23.2 Å². The summed E-state index contributed by atoms with van der Waals surface area (Å²) in [6, 6.07) is 9.13. The monoisotopic (exact) mass is 363 g/mol. The second kappa shape index (κ2) is 5.46. The van der Waals surface area contributed by atoms with Crippen molar-refractivity contribution in [3.8, 4) is 16.2 Å². The molecule has 1 aromatic carbocycles. The number of fused-ring (bicyclic) bond motifs is 1. The van der Waals surface area contributed by atoms with Crippen molar-refractivity contribution in [2.24, 2.45) is 0 Å². The number of halogens is 1. The van der Waals surface area contributed by atoms with Gasteiger partial charge in [0, 0.05) is 20.9 Å². The van der Waals surface area contributed by atoms with Gasteiger partial charge in [-0.1, -0.05) is 6.07 Å². The molecule has 6 heteroatoms. The third-order valence-corrected chi connectivity index (χ3v) is 4.83. The lowest BCUT2D eigenvalue weighted by Gasteiger charge is -2.10. The summed E-state index contributed by atoms with van der Waals surface area (Å²) >= 11 is 4.68. The first-order valence-corrected chi connectivity index (χ1v) is 7.67. The van der Waals surface area contributed by atoms with Gasteiger partial charge in [0.05, 0.1) is 18.2 Å². The molecular formula is C15H10BrNO3S. The zero-order chi connectivity index (χ0) is 15.0. The quantitative estimate of drug-likeness (QED) is 0.747. The van der Waals surface area contributed by atoms with E-state index in [-0.39, 0.29) is 0 Å². The lowest BCUT2D eigenvalue weighted by atomic mass is 10.1. The lowest BCUT2D eigenvalue weighted by molar-refractivity contribution is 0.0702. The van der Waals surface area contributed by atoms with Crippen molar-refractivity contribution >= 4 is 44.1 Å². The van der Waals surface area contributed by atoms with Crippen LogP contribution in [-0.2, 0) is 0 Å². The molecule has 0 amide bonds. The van der Waals surface area contributed by atoms with E-state index >= 15 is 0 Å². The van der Waals surface area contributed by atoms with E-state index in [2.05, 4.69) is 20.9 Å². The fourth-order valence-corrected chi connectivity index (χ4v) is 3.48. The van der Waals surface area contributed by atoms with Crippen LogP contribution in [0.1, 0.15) is 9.67 Å². The summed E-state index contributed by atoms with van der Waals surface area (Å²) in [6.45, 7) is 0. The summed E-state index contributed by atoms with van der Waals surface area (Å²) in [4.78, 5) is 16.6. The zero-order valence-corrected chi connectivity index (χ0v) is 13.4. The van der Waals surface area contributed by atoms with Crippen molar-refractivity contribution < 1.29 is 14.6 Å². The maximum absolute atomic E-state index is 11.0. The molecule has 0 fully saturated rings. The molecule has 4 nitrogen and oxygen atoms in total. The van der Waals surface area contributed by atoms with Crippen molar-refractivity contribution in [2.75, 3.05) is 7.11 Å². The van der Waals surface area contributed by atoms with Gasteiger partial charge < -0.3 is 9.84 Å². The molecule has 0 aliphatic carbocycles. The number of pyridine rings is 1. The van der Waals surface area contributed by atoms with Gasteiger partial charge in [-0.05, 0) is 40.2 Å². The molecule has 2 aromatic heterocycles. The molecule has 106 valence electrons. The number of rotatable bonds is 3. The molecule has 0 bridgehead atoms. The van der Waals surface area contributed by atoms with Crippen LogP contribution >= 0.6 is 27.3 Å². The number of benzene rings is 1. The van der Waals surface area contributed by atoms with E-state index in [0.29, 0.717) is 10.6 Å². The number of carbonyl (C=O) groups is 1. The summed E-state index contributed by atoms with van der Waals surface area (Å²) in [5.41, 5.74) is 1.61. The average Bonchev–Trinajstić information content (AvgIpc) is 2.96. The maximum atomic E-state index is 11.0. The molecule has 0 aliphatic heterocycles. The van der Waals surface area contributed by atoms with Crippen LogP contribution < -0.4 is 4.74 Å². The van der Waals surface area contributed by atoms with Gasteiger partial charge in [0.2, 0.25) is 0 Å². The van der Waals surface area contributed by atoms with Gasteiger partial charge in [-0.25, -0.2) is 4.79 Å². The minimum absolute atomic E-state index is 0.293. The van der Waals surface area contributed by atoms with Crippen LogP contribution in [0.25, 0.3) is 21.3 Å². The second-order valence-electron chi connectivity index (χ2n) is 4.31. The number of para-hydroxylation sites is 1. The topological polar surface area (TPSA) is 59.4 Å². The molecular weight excluding hydrogens is 354 g/mol. The van der Waals surface area contributed by atoms with Crippen LogP contribution in [0.15, 0.2) is 41.0 Å². The third kappa shape index (κ3) is 2.41. The largest absolute Gasteiger partial charge is 0.495 e. The van der Waals surface area contributed by atoms with Gasteiger partial charge in [-0.3, -0.25) is 4.98 Å². The highest BCUT2D eigenvalue weighted by Crippen LogP contribution is 2.40. The lowest BCUT2D eigenvalue weighted by Crippen LogP contribution is -1.92. The molecule has 0 atom stereocenters. The van der Waals surface area contributed by atoms with E-state index in [1.165, 1.54) is 11.3 Å². The fourth-order valence-electron chi connectivity index (χ4n) is 2.16. The first-order valence-electron chi connectivity index (χ1n) is 6.06. The number of ether oxygens (including phenoxy) is 1. The van der Waals surface area contributed by atoms with Crippen LogP contribution in [0.3, 0.4) is 0 Å². The highest BCUT2D eigenvalue weighted by molar-refractivity contribution is 9.10. The summed E-state index contributed by atoms with van der Waals surface area (Å²) in [7, 11) is 1.60. The molecule has 21 heavy (non-hydrogen) atoms. The Labute approximate surface area is 133 Å². The Morgan fingerprint density at radius 2 is 2.14 bits per heavy atom. The van der Waals surface area contributed by atoms with E-state index < -0.39 is 5.97 Å². The number of hydrogen-bond acceptors (Lipinski definition) is 4. The predicted octanol–water partition coefficient (Wildman–Crippen LogP) is 4.43. The molecule has 1 N–H and O–H groups in total. The molecule has 0 saturated carbocycles. The van der Waals surface area contributed by atoms with Gasteiger partial charge in [0.1, 0.15) is 10.6 Å². The normalized spacial score (nSPS) is 10.8. The van der Waals surface area contributed by atoms with Crippen LogP contribution in [0.4, 0.5) is 0 Å². The molecule has 0 spiro atoms. The minimum atomic E-state index is -0.929. The van der Waals surface area contributed by atoms with Gasteiger partial charge in [-0.2, -0.15) is 0 Å². The van der Waals surface area contributed by atoms with E-state index in [1.807, 2.05) is 18.2 Å². The number of carboxylic acids is 1. The minimum Gasteiger partial charge on any atom is -0.495 e. The number of carboxylic acid groups (broad SMARTS) is 1. The molecule has 0 unspecified atom stereocenters. The Balaban J connectivity index is 2.25. The molecule has 3 rings (SSSR count). The van der Waals surface area contributed by atoms with E-state index in [4.69, 9.17) is 9.84 Å². The summed E-state index contributed by atoms with van der Waals surface area (Å²) in [5, 5.41) is 9.92. The van der Waals surface area contributed by atoms with Crippen molar-refractivity contribution in [1.29, 1.82) is 0 Å². The Hall–Kier alpha value is -1.92. The first-order chi connectivity index (χ1) is 10.1. The maximum Gasteiger partial charge on any atom is 0.345 e. The molecule has 3 aromatic rings. The van der Waals surface area contributed by atoms with Gasteiger partial charge in [0.15, 0.2) is 0 Å². The Morgan fingerprint density at radius 3 is 2.81 bits per heavy atom. The number of methoxy groups -OCH3 is 1. The number of thiophene rings is 1. The summed E-state index contributed by atoms with van der Waals surface area (Å²) in [5.74, 6) is -0.234. The molecule has 0 radical (unpaired) electrons. The number of aromatic carboxylic acids is 1. The van der Waals surface area contributed by atoms with Crippen LogP contribution in [0, 0.1) is 0 Å². The molecule has 0 aliphatic rings. The number of hydrogen-bond donors (Lipinski definition) is 1.